The Hall–Kier alpha value is -2.10. The molecule has 1 aromatic rings. The van der Waals surface area contributed by atoms with E-state index in [0.29, 0.717) is 5.71 Å². The largest absolute Gasteiger partial charge is 0.478 e. The molecule has 0 bridgehead atoms. The number of hydrogen-bond donors (Lipinski definition) is 1. The van der Waals surface area contributed by atoms with E-state index >= 15 is 0 Å². The summed E-state index contributed by atoms with van der Waals surface area (Å²) in [7, 11) is 1.81. The first kappa shape index (κ1) is 12.0. The van der Waals surface area contributed by atoms with Gasteiger partial charge in [-0.1, -0.05) is 18.2 Å². The highest BCUT2D eigenvalue weighted by Gasteiger charge is 1.96. The predicted octanol–water partition coefficient (Wildman–Crippen LogP) is 2.14. The smallest absolute Gasteiger partial charge is 0.328 e. The van der Waals surface area contributed by atoms with Crippen molar-refractivity contribution in [3.63, 3.8) is 0 Å². The van der Waals surface area contributed by atoms with Crippen LogP contribution in [0.2, 0.25) is 0 Å². The number of nitrogens with zero attached hydrogens (tertiary/aromatic N) is 2. The quantitative estimate of drug-likeness (QED) is 0.478. The molecule has 4 heteroatoms. The van der Waals surface area contributed by atoms with Crippen molar-refractivity contribution in [2.45, 2.75) is 6.92 Å². The van der Waals surface area contributed by atoms with Gasteiger partial charge >= 0.3 is 5.97 Å². The zero-order valence-electron chi connectivity index (χ0n) is 9.29. The first-order valence-corrected chi connectivity index (χ1v) is 4.84. The van der Waals surface area contributed by atoms with Gasteiger partial charge in [0.05, 0.1) is 11.4 Å². The minimum absolute atomic E-state index is 0.633. The van der Waals surface area contributed by atoms with E-state index in [1.54, 1.807) is 11.9 Å². The maximum atomic E-state index is 10.3. The summed E-state index contributed by atoms with van der Waals surface area (Å²) in [5.74, 6) is -0.975. The van der Waals surface area contributed by atoms with Gasteiger partial charge in [0.15, 0.2) is 0 Å². The Bertz CT molecular complexity index is 410. The van der Waals surface area contributed by atoms with Gasteiger partial charge < -0.3 is 5.11 Å². The monoisotopic (exact) mass is 218 g/mol. The zero-order valence-corrected chi connectivity index (χ0v) is 9.29. The Morgan fingerprint density at radius 3 is 2.50 bits per heavy atom. The third-order valence-electron chi connectivity index (χ3n) is 1.90. The van der Waals surface area contributed by atoms with Gasteiger partial charge in [0, 0.05) is 13.1 Å². The van der Waals surface area contributed by atoms with Crippen LogP contribution in [0.4, 0.5) is 5.69 Å². The number of anilines is 1. The molecule has 0 fully saturated rings. The molecular weight excluding hydrogens is 204 g/mol. The fraction of sp³-hybridized carbons (Fsp3) is 0.167. The number of allylic oxidation sites excluding steroid dienone is 1. The number of hydrazone groups is 1. The average molecular weight is 218 g/mol. The molecule has 0 saturated heterocycles. The van der Waals surface area contributed by atoms with Crippen molar-refractivity contribution in [2.24, 2.45) is 5.10 Å². The summed E-state index contributed by atoms with van der Waals surface area (Å²) in [5, 5.41) is 14.4. The van der Waals surface area contributed by atoms with Crippen LogP contribution in [0.5, 0.6) is 0 Å². The molecule has 0 aliphatic rings. The highest BCUT2D eigenvalue weighted by atomic mass is 16.4. The maximum Gasteiger partial charge on any atom is 0.328 e. The van der Waals surface area contributed by atoms with E-state index < -0.39 is 5.97 Å². The van der Waals surface area contributed by atoms with Gasteiger partial charge in [-0.05, 0) is 25.1 Å². The summed E-state index contributed by atoms with van der Waals surface area (Å²) in [6, 6.07) is 9.63. The summed E-state index contributed by atoms with van der Waals surface area (Å²) in [4.78, 5) is 10.3. The Morgan fingerprint density at radius 1 is 1.31 bits per heavy atom. The molecule has 1 N–H and O–H groups in total. The maximum absolute atomic E-state index is 10.3. The Kier molecular flexibility index (Phi) is 4.27. The van der Waals surface area contributed by atoms with Crippen LogP contribution in [-0.4, -0.2) is 23.8 Å². The second-order valence-electron chi connectivity index (χ2n) is 3.27. The van der Waals surface area contributed by atoms with E-state index in [2.05, 4.69) is 5.10 Å². The molecule has 0 aliphatic carbocycles. The van der Waals surface area contributed by atoms with Crippen LogP contribution in [0.15, 0.2) is 47.6 Å². The van der Waals surface area contributed by atoms with E-state index in [9.17, 15) is 4.79 Å². The van der Waals surface area contributed by atoms with Crippen molar-refractivity contribution in [2.75, 3.05) is 12.1 Å². The Labute approximate surface area is 94.5 Å². The Morgan fingerprint density at radius 2 is 1.94 bits per heavy atom. The molecule has 0 amide bonds. The van der Waals surface area contributed by atoms with Crippen LogP contribution >= 0.6 is 0 Å². The topological polar surface area (TPSA) is 52.9 Å². The molecule has 0 heterocycles. The van der Waals surface area contributed by atoms with Crippen LogP contribution in [0.1, 0.15) is 6.92 Å². The van der Waals surface area contributed by atoms with Gasteiger partial charge in [0.25, 0.3) is 0 Å². The lowest BCUT2D eigenvalue weighted by molar-refractivity contribution is -0.131. The Balaban J connectivity index is 2.73. The van der Waals surface area contributed by atoms with Gasteiger partial charge in [-0.2, -0.15) is 5.10 Å². The van der Waals surface area contributed by atoms with E-state index in [4.69, 9.17) is 5.11 Å². The van der Waals surface area contributed by atoms with E-state index in [1.807, 2.05) is 37.4 Å². The molecule has 0 saturated carbocycles. The number of hydrogen-bond acceptors (Lipinski definition) is 3. The van der Waals surface area contributed by atoms with Crippen molar-refractivity contribution >= 4 is 17.4 Å². The van der Waals surface area contributed by atoms with Crippen LogP contribution in [-0.2, 0) is 4.79 Å². The average Bonchev–Trinajstić information content (AvgIpc) is 2.27. The van der Waals surface area contributed by atoms with Gasteiger partial charge in [0.2, 0.25) is 0 Å². The first-order valence-electron chi connectivity index (χ1n) is 4.84. The highest BCUT2D eigenvalue weighted by molar-refractivity contribution is 5.97. The molecule has 84 valence electrons. The van der Waals surface area contributed by atoms with E-state index in [1.165, 1.54) is 6.08 Å². The summed E-state index contributed by atoms with van der Waals surface area (Å²) in [6.07, 6.45) is 2.53. The molecule has 4 nitrogen and oxygen atoms in total. The normalized spacial score (nSPS) is 11.8. The van der Waals surface area contributed by atoms with Crippen molar-refractivity contribution < 1.29 is 9.90 Å². The summed E-state index contributed by atoms with van der Waals surface area (Å²) in [6.45, 7) is 1.75. The molecule has 16 heavy (non-hydrogen) atoms. The molecule has 0 aliphatic heterocycles. The minimum atomic E-state index is -0.975. The third kappa shape index (κ3) is 3.96. The number of rotatable bonds is 4. The van der Waals surface area contributed by atoms with Gasteiger partial charge in [-0.15, -0.1) is 0 Å². The van der Waals surface area contributed by atoms with Crippen molar-refractivity contribution in [3.8, 4) is 0 Å². The molecular formula is C12H14N2O2. The fourth-order valence-electron chi connectivity index (χ4n) is 1.16. The molecule has 0 unspecified atom stereocenters. The van der Waals surface area contributed by atoms with Crippen molar-refractivity contribution in [3.05, 3.63) is 42.5 Å². The van der Waals surface area contributed by atoms with Crippen molar-refractivity contribution in [1.82, 2.24) is 0 Å². The lowest BCUT2D eigenvalue weighted by atomic mass is 10.3. The molecule has 1 rings (SSSR count). The fourth-order valence-corrected chi connectivity index (χ4v) is 1.16. The van der Waals surface area contributed by atoms with Gasteiger partial charge in [-0.3, -0.25) is 5.01 Å². The molecule has 0 spiro atoms. The number of benzene rings is 1. The van der Waals surface area contributed by atoms with Crippen LogP contribution in [0, 0.1) is 0 Å². The van der Waals surface area contributed by atoms with Gasteiger partial charge in [0.1, 0.15) is 0 Å². The van der Waals surface area contributed by atoms with E-state index in [0.717, 1.165) is 11.8 Å². The van der Waals surface area contributed by atoms with Crippen LogP contribution < -0.4 is 5.01 Å². The lowest BCUT2D eigenvalue weighted by Gasteiger charge is -2.13. The van der Waals surface area contributed by atoms with Crippen molar-refractivity contribution in [1.29, 1.82) is 0 Å². The first-order chi connectivity index (χ1) is 7.59. The number of carboxylic acid groups (broad SMARTS) is 1. The number of carboxylic acids is 1. The SMILES string of the molecule is CC(/C=C/C(=O)O)=N\N(C)c1ccccc1. The van der Waals surface area contributed by atoms with Crippen LogP contribution in [0.3, 0.4) is 0 Å². The second kappa shape index (κ2) is 5.70. The third-order valence-corrected chi connectivity index (χ3v) is 1.90. The molecule has 1 aromatic carbocycles. The number of carbonyl (C=O) groups is 1. The van der Waals surface area contributed by atoms with E-state index in [-0.39, 0.29) is 0 Å². The summed E-state index contributed by atoms with van der Waals surface area (Å²) in [5.41, 5.74) is 1.58. The van der Waals surface area contributed by atoms with Crippen LogP contribution in [0.25, 0.3) is 0 Å². The molecule has 0 aromatic heterocycles. The molecule has 0 atom stereocenters. The second-order valence-corrected chi connectivity index (χ2v) is 3.27. The minimum Gasteiger partial charge on any atom is -0.478 e. The lowest BCUT2D eigenvalue weighted by Crippen LogP contribution is -2.10. The van der Waals surface area contributed by atoms with Gasteiger partial charge in [-0.25, -0.2) is 4.79 Å². The summed E-state index contributed by atoms with van der Waals surface area (Å²) < 4.78 is 0. The number of para-hydroxylation sites is 1. The zero-order chi connectivity index (χ0) is 12.0. The predicted molar refractivity (Wildman–Crippen MR) is 64.7 cm³/mol. The highest BCUT2D eigenvalue weighted by Crippen LogP contribution is 2.11. The standard InChI is InChI=1S/C12H14N2O2/c1-10(8-9-12(15)16)13-14(2)11-6-4-3-5-7-11/h3-9H,1-2H3,(H,15,16)/b9-8+,13-10+. The molecule has 0 radical (unpaired) electrons. The number of aliphatic carboxylic acids is 1. The summed E-state index contributed by atoms with van der Waals surface area (Å²) >= 11 is 0.